The molecule has 3 heterocycles. The van der Waals surface area contributed by atoms with Crippen molar-refractivity contribution in [3.63, 3.8) is 0 Å². The minimum absolute atomic E-state index is 0.791. The highest BCUT2D eigenvalue weighted by atomic mass is 16.3. The molecule has 0 aliphatic heterocycles. The second-order valence-electron chi connectivity index (χ2n) is 4.83. The van der Waals surface area contributed by atoms with Crippen LogP contribution >= 0.6 is 0 Å². The van der Waals surface area contributed by atoms with E-state index in [0.717, 1.165) is 28.4 Å². The van der Waals surface area contributed by atoms with Crippen molar-refractivity contribution in [1.29, 1.82) is 0 Å². The number of benzene rings is 1. The Morgan fingerprint density at radius 1 is 0.909 bits per heavy atom. The summed E-state index contributed by atoms with van der Waals surface area (Å²) >= 11 is 0. The Morgan fingerprint density at radius 3 is 2.64 bits per heavy atom. The third kappa shape index (κ3) is 2.20. The van der Waals surface area contributed by atoms with Crippen LogP contribution in [0, 0.1) is 0 Å². The monoisotopic (exact) mass is 287 g/mol. The summed E-state index contributed by atoms with van der Waals surface area (Å²) in [6, 6.07) is 17.6. The number of rotatable bonds is 3. The van der Waals surface area contributed by atoms with Gasteiger partial charge in [0, 0.05) is 6.20 Å². The zero-order valence-corrected chi connectivity index (χ0v) is 11.8. The van der Waals surface area contributed by atoms with Crippen LogP contribution in [0.15, 0.2) is 71.5 Å². The van der Waals surface area contributed by atoms with Crippen molar-refractivity contribution < 1.29 is 4.42 Å². The average molecular weight is 287 g/mol. The summed E-state index contributed by atoms with van der Waals surface area (Å²) in [6.45, 7) is 0. The summed E-state index contributed by atoms with van der Waals surface area (Å²) in [7, 11) is 0. The topological polar surface area (TPSA) is 43.9 Å². The standard InChI is InChI=1S/C18H13N3O/c1-2-8-16-15(7-1)20-18(11-10-14-6-5-13-22-14)21(16)17-9-3-4-12-19-17/h1-13H. The van der Waals surface area contributed by atoms with Gasteiger partial charge in [-0.2, -0.15) is 0 Å². The molecule has 4 nitrogen and oxygen atoms in total. The number of pyridine rings is 1. The van der Waals surface area contributed by atoms with Gasteiger partial charge in [-0.3, -0.25) is 4.57 Å². The molecule has 0 aliphatic rings. The average Bonchev–Trinajstić information content (AvgIpc) is 3.21. The lowest BCUT2D eigenvalue weighted by molar-refractivity contribution is 0.557. The van der Waals surface area contributed by atoms with E-state index in [-0.39, 0.29) is 0 Å². The number of furan rings is 1. The molecule has 0 bridgehead atoms. The Labute approximate surface area is 127 Å². The van der Waals surface area contributed by atoms with Crippen LogP contribution in [0.4, 0.5) is 0 Å². The lowest BCUT2D eigenvalue weighted by Crippen LogP contribution is -1.99. The molecule has 4 rings (SSSR count). The van der Waals surface area contributed by atoms with Gasteiger partial charge in [0.05, 0.1) is 17.3 Å². The molecule has 0 atom stereocenters. The molecular formula is C18H13N3O. The molecule has 106 valence electrons. The van der Waals surface area contributed by atoms with Gasteiger partial charge in [-0.15, -0.1) is 0 Å². The van der Waals surface area contributed by atoms with E-state index in [1.807, 2.05) is 71.3 Å². The molecule has 0 N–H and O–H groups in total. The molecule has 0 saturated heterocycles. The number of fused-ring (bicyclic) bond motifs is 1. The molecular weight excluding hydrogens is 274 g/mol. The SMILES string of the molecule is C(=Cc1nc2ccccc2n1-c1ccccn1)c1ccco1. The van der Waals surface area contributed by atoms with Crippen LogP contribution in [-0.2, 0) is 0 Å². The van der Waals surface area contributed by atoms with Crippen LogP contribution < -0.4 is 0 Å². The molecule has 4 aromatic rings. The lowest BCUT2D eigenvalue weighted by atomic mass is 10.3. The molecule has 0 amide bonds. The van der Waals surface area contributed by atoms with E-state index in [1.165, 1.54) is 0 Å². The quantitative estimate of drug-likeness (QED) is 0.567. The minimum atomic E-state index is 0.791. The van der Waals surface area contributed by atoms with Crippen LogP contribution in [0.25, 0.3) is 29.0 Å². The fraction of sp³-hybridized carbons (Fsp3) is 0. The number of aromatic nitrogens is 3. The normalized spacial score (nSPS) is 11.5. The summed E-state index contributed by atoms with van der Waals surface area (Å²) in [4.78, 5) is 9.13. The summed E-state index contributed by atoms with van der Waals surface area (Å²) in [6.07, 6.45) is 7.28. The van der Waals surface area contributed by atoms with Crippen LogP contribution in [0.5, 0.6) is 0 Å². The fourth-order valence-electron chi connectivity index (χ4n) is 2.43. The number of hydrogen-bond donors (Lipinski definition) is 0. The van der Waals surface area contributed by atoms with Crippen LogP contribution in [-0.4, -0.2) is 14.5 Å². The molecule has 0 saturated carbocycles. The predicted octanol–water partition coefficient (Wildman–Crippen LogP) is 4.18. The van der Waals surface area contributed by atoms with E-state index >= 15 is 0 Å². The van der Waals surface area contributed by atoms with E-state index in [2.05, 4.69) is 9.97 Å². The Bertz CT molecular complexity index is 922. The third-order valence-electron chi connectivity index (χ3n) is 3.40. The van der Waals surface area contributed by atoms with Crippen molar-refractivity contribution in [2.24, 2.45) is 0 Å². The zero-order chi connectivity index (χ0) is 14.8. The van der Waals surface area contributed by atoms with Crippen molar-refractivity contribution in [3.05, 3.63) is 78.6 Å². The maximum absolute atomic E-state index is 5.34. The molecule has 4 heteroatoms. The second-order valence-corrected chi connectivity index (χ2v) is 4.83. The number of nitrogens with zero attached hydrogens (tertiary/aromatic N) is 3. The first kappa shape index (κ1) is 12.6. The van der Waals surface area contributed by atoms with Crippen molar-refractivity contribution in [1.82, 2.24) is 14.5 Å². The van der Waals surface area contributed by atoms with Gasteiger partial charge in [0.2, 0.25) is 0 Å². The minimum Gasteiger partial charge on any atom is -0.465 e. The van der Waals surface area contributed by atoms with Gasteiger partial charge in [-0.05, 0) is 48.6 Å². The Kier molecular flexibility index (Phi) is 3.05. The summed E-state index contributed by atoms with van der Waals surface area (Å²) in [5, 5.41) is 0. The number of hydrogen-bond acceptors (Lipinski definition) is 3. The first-order chi connectivity index (χ1) is 10.9. The predicted molar refractivity (Wildman–Crippen MR) is 86.5 cm³/mol. The van der Waals surface area contributed by atoms with E-state index in [0.29, 0.717) is 0 Å². The van der Waals surface area contributed by atoms with Gasteiger partial charge in [0.15, 0.2) is 0 Å². The Morgan fingerprint density at radius 2 is 1.82 bits per heavy atom. The van der Waals surface area contributed by atoms with Gasteiger partial charge < -0.3 is 4.42 Å². The molecule has 1 aromatic carbocycles. The Balaban J connectivity index is 1.90. The highest BCUT2D eigenvalue weighted by Gasteiger charge is 2.10. The van der Waals surface area contributed by atoms with E-state index in [4.69, 9.17) is 4.42 Å². The van der Waals surface area contributed by atoms with Gasteiger partial charge in [-0.25, -0.2) is 9.97 Å². The smallest absolute Gasteiger partial charge is 0.139 e. The molecule has 0 spiro atoms. The van der Waals surface area contributed by atoms with Gasteiger partial charge in [0.1, 0.15) is 17.4 Å². The van der Waals surface area contributed by atoms with Crippen LogP contribution in [0.1, 0.15) is 11.6 Å². The zero-order valence-electron chi connectivity index (χ0n) is 11.8. The maximum atomic E-state index is 5.34. The molecule has 3 aromatic heterocycles. The number of para-hydroxylation sites is 2. The maximum Gasteiger partial charge on any atom is 0.139 e. The molecule has 0 unspecified atom stereocenters. The number of imidazole rings is 1. The summed E-state index contributed by atoms with van der Waals surface area (Å²) in [5.41, 5.74) is 1.97. The van der Waals surface area contributed by atoms with Crippen molar-refractivity contribution in [2.45, 2.75) is 0 Å². The largest absolute Gasteiger partial charge is 0.465 e. The summed E-state index contributed by atoms with van der Waals surface area (Å²) in [5.74, 6) is 2.45. The van der Waals surface area contributed by atoms with Gasteiger partial charge >= 0.3 is 0 Å². The molecule has 22 heavy (non-hydrogen) atoms. The molecule has 0 aliphatic carbocycles. The third-order valence-corrected chi connectivity index (χ3v) is 3.40. The lowest BCUT2D eigenvalue weighted by Gasteiger charge is -2.05. The fourth-order valence-corrected chi connectivity index (χ4v) is 2.43. The van der Waals surface area contributed by atoms with Gasteiger partial charge in [-0.1, -0.05) is 18.2 Å². The summed E-state index contributed by atoms with van der Waals surface area (Å²) < 4.78 is 7.37. The van der Waals surface area contributed by atoms with E-state index in [1.54, 1.807) is 12.5 Å². The first-order valence-electron chi connectivity index (χ1n) is 7.02. The van der Waals surface area contributed by atoms with Crippen LogP contribution in [0.2, 0.25) is 0 Å². The second kappa shape index (κ2) is 5.33. The van der Waals surface area contributed by atoms with E-state index < -0.39 is 0 Å². The molecule has 0 radical (unpaired) electrons. The van der Waals surface area contributed by atoms with E-state index in [9.17, 15) is 0 Å². The van der Waals surface area contributed by atoms with Crippen molar-refractivity contribution in [3.8, 4) is 5.82 Å². The highest BCUT2D eigenvalue weighted by molar-refractivity contribution is 5.81. The Hall–Kier alpha value is -3.14. The van der Waals surface area contributed by atoms with Crippen molar-refractivity contribution in [2.75, 3.05) is 0 Å². The van der Waals surface area contributed by atoms with Crippen molar-refractivity contribution >= 4 is 23.2 Å². The molecule has 0 fully saturated rings. The first-order valence-corrected chi connectivity index (χ1v) is 7.02. The van der Waals surface area contributed by atoms with Crippen LogP contribution in [0.3, 0.4) is 0 Å². The van der Waals surface area contributed by atoms with Gasteiger partial charge in [0.25, 0.3) is 0 Å². The highest BCUT2D eigenvalue weighted by Crippen LogP contribution is 2.21.